The molecule has 0 fully saturated rings. The number of anilines is 1. The molecule has 102 valence electrons. The van der Waals surface area contributed by atoms with Crippen molar-refractivity contribution in [3.63, 3.8) is 0 Å². The fourth-order valence-corrected chi connectivity index (χ4v) is 2.08. The Labute approximate surface area is 117 Å². The van der Waals surface area contributed by atoms with Crippen LogP contribution in [0.5, 0.6) is 0 Å². The highest BCUT2D eigenvalue weighted by Crippen LogP contribution is 2.19. The second-order valence-corrected chi connectivity index (χ2v) is 4.48. The minimum absolute atomic E-state index is 0.770. The molecule has 0 unspecified atom stereocenters. The summed E-state index contributed by atoms with van der Waals surface area (Å²) in [7, 11) is 0. The molecule has 0 spiro atoms. The molecule has 0 saturated carbocycles. The number of hydrogen-bond acceptors (Lipinski definition) is 4. The van der Waals surface area contributed by atoms with Gasteiger partial charge in [0.15, 0.2) is 0 Å². The predicted octanol–water partition coefficient (Wildman–Crippen LogP) is 2.10. The van der Waals surface area contributed by atoms with E-state index in [4.69, 9.17) is 0 Å². The second-order valence-electron chi connectivity index (χ2n) is 4.48. The molecule has 0 radical (unpaired) electrons. The fraction of sp³-hybridized carbons (Fsp3) is 0.214. The first-order valence-corrected chi connectivity index (χ1v) is 6.57. The first kappa shape index (κ1) is 12.4. The average Bonchev–Trinajstić information content (AvgIpc) is 3.17. The molecule has 0 atom stereocenters. The second kappa shape index (κ2) is 5.56. The third-order valence-electron chi connectivity index (χ3n) is 3.16. The highest BCUT2D eigenvalue weighted by molar-refractivity contribution is 5.60. The van der Waals surface area contributed by atoms with Gasteiger partial charge in [-0.2, -0.15) is 4.68 Å². The van der Waals surface area contributed by atoms with Crippen LogP contribution in [0.2, 0.25) is 0 Å². The van der Waals surface area contributed by atoms with E-state index in [1.807, 2.05) is 24.3 Å². The van der Waals surface area contributed by atoms with Gasteiger partial charge in [-0.1, -0.05) is 12.1 Å². The summed E-state index contributed by atoms with van der Waals surface area (Å²) in [4.78, 5) is 0. The highest BCUT2D eigenvalue weighted by Gasteiger charge is 2.05. The van der Waals surface area contributed by atoms with Crippen molar-refractivity contribution in [1.29, 1.82) is 0 Å². The molecule has 1 N–H and O–H groups in total. The van der Waals surface area contributed by atoms with Gasteiger partial charge < -0.3 is 9.88 Å². The molecular formula is C14H16N6. The first-order chi connectivity index (χ1) is 9.86. The lowest BCUT2D eigenvalue weighted by molar-refractivity contribution is 0.766. The molecule has 0 aliphatic rings. The van der Waals surface area contributed by atoms with Crippen molar-refractivity contribution >= 4 is 5.69 Å². The maximum absolute atomic E-state index is 3.93. The SMILES string of the molecule is CCn1ccc(CNc2ccccc2-n2cnnn2)c1. The average molecular weight is 268 g/mol. The first-order valence-electron chi connectivity index (χ1n) is 6.57. The van der Waals surface area contributed by atoms with E-state index in [0.717, 1.165) is 24.5 Å². The lowest BCUT2D eigenvalue weighted by Gasteiger charge is -2.10. The molecule has 0 bridgehead atoms. The summed E-state index contributed by atoms with van der Waals surface area (Å²) in [6.07, 6.45) is 5.82. The van der Waals surface area contributed by atoms with Crippen molar-refractivity contribution in [2.24, 2.45) is 0 Å². The van der Waals surface area contributed by atoms with Gasteiger partial charge in [-0.3, -0.25) is 0 Å². The van der Waals surface area contributed by atoms with Gasteiger partial charge in [0.25, 0.3) is 0 Å². The summed E-state index contributed by atoms with van der Waals surface area (Å²) in [6, 6.07) is 10.1. The molecule has 3 aromatic rings. The predicted molar refractivity (Wildman–Crippen MR) is 76.6 cm³/mol. The molecule has 0 aliphatic carbocycles. The van der Waals surface area contributed by atoms with Gasteiger partial charge >= 0.3 is 0 Å². The van der Waals surface area contributed by atoms with Crippen molar-refractivity contribution in [2.75, 3.05) is 5.32 Å². The molecule has 0 amide bonds. The van der Waals surface area contributed by atoms with Gasteiger partial charge in [-0.05, 0) is 41.1 Å². The van der Waals surface area contributed by atoms with Crippen LogP contribution >= 0.6 is 0 Å². The number of para-hydroxylation sites is 2. The summed E-state index contributed by atoms with van der Waals surface area (Å²) in [5.41, 5.74) is 3.19. The Bertz CT molecular complexity index is 671. The zero-order valence-electron chi connectivity index (χ0n) is 11.3. The molecule has 2 heterocycles. The van der Waals surface area contributed by atoms with Crippen molar-refractivity contribution < 1.29 is 0 Å². The van der Waals surface area contributed by atoms with E-state index in [9.17, 15) is 0 Å². The molecule has 1 aromatic carbocycles. The molecule has 0 saturated heterocycles. The van der Waals surface area contributed by atoms with E-state index < -0.39 is 0 Å². The van der Waals surface area contributed by atoms with Crippen LogP contribution in [-0.2, 0) is 13.1 Å². The topological polar surface area (TPSA) is 60.6 Å². The molecule has 3 rings (SSSR count). The van der Waals surface area contributed by atoms with E-state index in [-0.39, 0.29) is 0 Å². The van der Waals surface area contributed by atoms with E-state index in [0.29, 0.717) is 0 Å². The maximum atomic E-state index is 3.93. The largest absolute Gasteiger partial charge is 0.379 e. The number of nitrogens with one attached hydrogen (secondary N) is 1. The summed E-state index contributed by atoms with van der Waals surface area (Å²) < 4.78 is 3.81. The molecule has 6 nitrogen and oxygen atoms in total. The van der Waals surface area contributed by atoms with Crippen LogP contribution in [-0.4, -0.2) is 24.8 Å². The van der Waals surface area contributed by atoms with Crippen molar-refractivity contribution in [2.45, 2.75) is 20.0 Å². The van der Waals surface area contributed by atoms with E-state index >= 15 is 0 Å². The van der Waals surface area contributed by atoms with Crippen LogP contribution in [0.15, 0.2) is 49.1 Å². The van der Waals surface area contributed by atoms with E-state index in [1.165, 1.54) is 5.56 Å². The van der Waals surface area contributed by atoms with Crippen LogP contribution in [0.1, 0.15) is 12.5 Å². The van der Waals surface area contributed by atoms with Crippen molar-refractivity contribution in [3.05, 3.63) is 54.6 Å². The van der Waals surface area contributed by atoms with Crippen LogP contribution in [0.25, 0.3) is 5.69 Å². The third kappa shape index (κ3) is 2.54. The van der Waals surface area contributed by atoms with E-state index in [2.05, 4.69) is 50.8 Å². The molecule has 0 aliphatic heterocycles. The normalized spacial score (nSPS) is 10.7. The molecule has 2 aromatic heterocycles. The highest BCUT2D eigenvalue weighted by atomic mass is 15.5. The summed E-state index contributed by atoms with van der Waals surface area (Å²) in [6.45, 7) is 3.89. The lowest BCUT2D eigenvalue weighted by atomic mass is 10.2. The Kier molecular flexibility index (Phi) is 3.45. The van der Waals surface area contributed by atoms with Crippen LogP contribution in [0.3, 0.4) is 0 Å². The maximum Gasteiger partial charge on any atom is 0.143 e. The standard InChI is InChI=1S/C14H16N6/c1-2-19-8-7-12(10-19)9-15-13-5-3-4-6-14(13)20-11-16-17-18-20/h3-8,10-11,15H,2,9H2,1H3. The summed E-state index contributed by atoms with van der Waals surface area (Å²) in [5.74, 6) is 0. The zero-order chi connectivity index (χ0) is 13.8. The van der Waals surface area contributed by atoms with E-state index in [1.54, 1.807) is 11.0 Å². The monoisotopic (exact) mass is 268 g/mol. The number of nitrogens with zero attached hydrogens (tertiary/aromatic N) is 5. The van der Waals surface area contributed by atoms with Gasteiger partial charge in [-0.15, -0.1) is 5.10 Å². The van der Waals surface area contributed by atoms with Gasteiger partial charge in [0.05, 0.1) is 11.4 Å². The van der Waals surface area contributed by atoms with Gasteiger partial charge in [0, 0.05) is 25.5 Å². The fourth-order valence-electron chi connectivity index (χ4n) is 2.08. The molecule has 6 heteroatoms. The lowest BCUT2D eigenvalue weighted by Crippen LogP contribution is -2.04. The Hall–Kier alpha value is -2.63. The Morgan fingerprint density at radius 1 is 1.20 bits per heavy atom. The zero-order valence-corrected chi connectivity index (χ0v) is 11.3. The molecule has 20 heavy (non-hydrogen) atoms. The number of aromatic nitrogens is 5. The Balaban J connectivity index is 1.77. The smallest absolute Gasteiger partial charge is 0.143 e. The van der Waals surface area contributed by atoms with Gasteiger partial charge in [-0.25, -0.2) is 0 Å². The summed E-state index contributed by atoms with van der Waals surface area (Å²) >= 11 is 0. The quantitative estimate of drug-likeness (QED) is 0.769. The van der Waals surface area contributed by atoms with Crippen molar-refractivity contribution in [1.82, 2.24) is 24.8 Å². The minimum atomic E-state index is 0.770. The Morgan fingerprint density at radius 3 is 2.85 bits per heavy atom. The Morgan fingerprint density at radius 2 is 2.10 bits per heavy atom. The summed E-state index contributed by atoms with van der Waals surface area (Å²) in [5, 5.41) is 14.7. The number of aryl methyl sites for hydroxylation is 1. The van der Waals surface area contributed by atoms with Gasteiger partial charge in [0.2, 0.25) is 0 Å². The van der Waals surface area contributed by atoms with Crippen LogP contribution < -0.4 is 5.32 Å². The number of tetrazole rings is 1. The molecular weight excluding hydrogens is 252 g/mol. The van der Waals surface area contributed by atoms with Crippen LogP contribution in [0, 0.1) is 0 Å². The minimum Gasteiger partial charge on any atom is -0.379 e. The third-order valence-corrected chi connectivity index (χ3v) is 3.16. The number of rotatable bonds is 5. The van der Waals surface area contributed by atoms with Crippen molar-refractivity contribution in [3.8, 4) is 5.69 Å². The van der Waals surface area contributed by atoms with Gasteiger partial charge in [0.1, 0.15) is 6.33 Å². The number of benzene rings is 1. The number of hydrogen-bond donors (Lipinski definition) is 1. The van der Waals surface area contributed by atoms with Crippen LogP contribution in [0.4, 0.5) is 5.69 Å².